The first kappa shape index (κ1) is 17.0. The molecule has 134 valence electrons. The van der Waals surface area contributed by atoms with Gasteiger partial charge in [-0.05, 0) is 46.8 Å². The molecule has 1 aliphatic heterocycles. The van der Waals surface area contributed by atoms with Crippen molar-refractivity contribution < 1.29 is 9.90 Å². The number of benzene rings is 2. The number of nitrogens with zero attached hydrogens (tertiary/aromatic N) is 3. The third-order valence-electron chi connectivity index (χ3n) is 4.81. The molecule has 0 atom stereocenters. The summed E-state index contributed by atoms with van der Waals surface area (Å²) in [5.41, 5.74) is 3.55. The fourth-order valence-electron chi connectivity index (χ4n) is 3.35. The molecule has 1 aromatic heterocycles. The number of hydrogen-bond donors (Lipinski definition) is 2. The van der Waals surface area contributed by atoms with Gasteiger partial charge in [0.05, 0.1) is 17.7 Å². The number of fused-ring (bicyclic) bond motifs is 1. The lowest BCUT2D eigenvalue weighted by Gasteiger charge is -2.40. The molecule has 27 heavy (non-hydrogen) atoms. The van der Waals surface area contributed by atoms with E-state index in [-0.39, 0.29) is 11.9 Å². The Morgan fingerprint density at radius 1 is 1.26 bits per heavy atom. The lowest BCUT2D eigenvalue weighted by atomic mass is 9.98. The molecule has 1 saturated heterocycles. The number of aliphatic hydroxyl groups excluding tert-OH is 1. The highest BCUT2D eigenvalue weighted by molar-refractivity contribution is 5.97. The van der Waals surface area contributed by atoms with Gasteiger partial charge in [-0.1, -0.05) is 12.1 Å². The fraction of sp³-hybridized carbons (Fsp3) is 0.190. The summed E-state index contributed by atoms with van der Waals surface area (Å²) in [5.74, 6) is -0.248. The summed E-state index contributed by atoms with van der Waals surface area (Å²) in [6, 6.07) is 15.9. The summed E-state index contributed by atoms with van der Waals surface area (Å²) in [7, 11) is 0. The van der Waals surface area contributed by atoms with Gasteiger partial charge in [-0.2, -0.15) is 5.26 Å². The number of rotatable bonds is 4. The van der Waals surface area contributed by atoms with Crippen molar-refractivity contribution in [2.75, 3.05) is 25.0 Å². The molecular weight excluding hydrogens is 340 g/mol. The second kappa shape index (κ2) is 7.06. The topological polar surface area (TPSA) is 89.2 Å². The molecule has 0 bridgehead atoms. The average molecular weight is 358 g/mol. The average Bonchev–Trinajstić information content (AvgIpc) is 2.69. The molecule has 0 radical (unpaired) electrons. The largest absolute Gasteiger partial charge is 0.387 e. The maximum Gasteiger partial charge on any atom is 0.248 e. The second-order valence-electron chi connectivity index (χ2n) is 6.61. The van der Waals surface area contributed by atoms with Crippen LogP contribution in [-0.2, 0) is 4.79 Å². The van der Waals surface area contributed by atoms with Crippen molar-refractivity contribution in [3.63, 3.8) is 0 Å². The smallest absolute Gasteiger partial charge is 0.248 e. The molecule has 1 aliphatic rings. The van der Waals surface area contributed by atoms with Crippen LogP contribution in [0.5, 0.6) is 0 Å². The first-order chi connectivity index (χ1) is 13.2. The fourth-order valence-corrected chi connectivity index (χ4v) is 3.35. The van der Waals surface area contributed by atoms with Gasteiger partial charge in [-0.25, -0.2) is 0 Å². The van der Waals surface area contributed by atoms with E-state index in [4.69, 9.17) is 10.4 Å². The summed E-state index contributed by atoms with van der Waals surface area (Å²) in [4.78, 5) is 17.4. The quantitative estimate of drug-likeness (QED) is 0.747. The molecule has 1 amide bonds. The zero-order chi connectivity index (χ0) is 18.8. The van der Waals surface area contributed by atoms with Gasteiger partial charge in [0.1, 0.15) is 6.61 Å². The molecule has 1 fully saturated rings. The Balaban J connectivity index is 1.67. The summed E-state index contributed by atoms with van der Waals surface area (Å²) >= 11 is 0. The van der Waals surface area contributed by atoms with Crippen molar-refractivity contribution in [3.05, 3.63) is 60.4 Å². The second-order valence-corrected chi connectivity index (χ2v) is 6.61. The molecule has 0 saturated carbocycles. The van der Waals surface area contributed by atoms with Crippen molar-refractivity contribution in [2.24, 2.45) is 0 Å². The van der Waals surface area contributed by atoms with E-state index in [2.05, 4.69) is 28.5 Å². The Kier molecular flexibility index (Phi) is 4.45. The minimum atomic E-state index is -0.454. The SMILES string of the molecule is N#Cc1cccc(-c2cc(NC3CN(C(=O)CO)C3)c3cnccc3c2)c1. The van der Waals surface area contributed by atoms with Gasteiger partial charge >= 0.3 is 0 Å². The van der Waals surface area contributed by atoms with Crippen LogP contribution in [0.3, 0.4) is 0 Å². The summed E-state index contributed by atoms with van der Waals surface area (Å²) in [6.07, 6.45) is 3.58. The van der Waals surface area contributed by atoms with Gasteiger partial charge in [0.25, 0.3) is 0 Å². The molecule has 6 heteroatoms. The maximum atomic E-state index is 11.5. The van der Waals surface area contributed by atoms with Gasteiger partial charge in [-0.3, -0.25) is 9.78 Å². The third kappa shape index (κ3) is 3.33. The van der Waals surface area contributed by atoms with Crippen LogP contribution in [0.25, 0.3) is 21.9 Å². The van der Waals surface area contributed by atoms with Crippen LogP contribution in [-0.4, -0.2) is 46.6 Å². The van der Waals surface area contributed by atoms with Crippen molar-refractivity contribution in [1.29, 1.82) is 5.26 Å². The highest BCUT2D eigenvalue weighted by Gasteiger charge is 2.30. The molecule has 2 heterocycles. The number of nitriles is 1. The van der Waals surface area contributed by atoms with Crippen LogP contribution in [0.2, 0.25) is 0 Å². The lowest BCUT2D eigenvalue weighted by molar-refractivity contribution is -0.138. The number of carbonyl (C=O) groups is 1. The van der Waals surface area contributed by atoms with E-state index in [1.54, 1.807) is 17.2 Å². The highest BCUT2D eigenvalue weighted by atomic mass is 16.3. The van der Waals surface area contributed by atoms with Crippen molar-refractivity contribution in [2.45, 2.75) is 6.04 Å². The van der Waals surface area contributed by atoms with Gasteiger partial charge in [-0.15, -0.1) is 0 Å². The molecule has 2 N–H and O–H groups in total. The number of anilines is 1. The molecule has 0 spiro atoms. The summed E-state index contributed by atoms with van der Waals surface area (Å²) in [5, 5.41) is 23.7. The van der Waals surface area contributed by atoms with Crippen molar-refractivity contribution >= 4 is 22.4 Å². The van der Waals surface area contributed by atoms with Crippen LogP contribution < -0.4 is 5.32 Å². The maximum absolute atomic E-state index is 11.5. The molecule has 0 aliphatic carbocycles. The summed E-state index contributed by atoms with van der Waals surface area (Å²) < 4.78 is 0. The minimum Gasteiger partial charge on any atom is -0.387 e. The standard InChI is InChI=1S/C21H18N4O2/c22-9-14-2-1-3-15(6-14)17-7-16-4-5-23-10-19(16)20(8-17)24-18-11-25(12-18)21(27)13-26/h1-8,10,18,24,26H,11-13H2. The number of aromatic nitrogens is 1. The predicted molar refractivity (Wildman–Crippen MR) is 103 cm³/mol. The van der Waals surface area contributed by atoms with E-state index in [9.17, 15) is 4.79 Å². The molecule has 2 aromatic carbocycles. The Bertz CT molecular complexity index is 1050. The van der Waals surface area contributed by atoms with Gasteiger partial charge < -0.3 is 15.3 Å². The number of nitrogens with one attached hydrogen (secondary N) is 1. The molecule has 4 rings (SSSR count). The Hall–Kier alpha value is -3.43. The molecular formula is C21H18N4O2. The van der Waals surface area contributed by atoms with E-state index in [0.717, 1.165) is 27.6 Å². The van der Waals surface area contributed by atoms with Gasteiger partial charge in [0.15, 0.2) is 0 Å². The third-order valence-corrected chi connectivity index (χ3v) is 4.81. The Morgan fingerprint density at radius 2 is 2.11 bits per heavy atom. The number of carbonyl (C=O) groups excluding carboxylic acids is 1. The van der Waals surface area contributed by atoms with Crippen LogP contribution in [0.15, 0.2) is 54.9 Å². The van der Waals surface area contributed by atoms with E-state index in [1.807, 2.05) is 30.5 Å². The number of hydrogen-bond acceptors (Lipinski definition) is 5. The normalized spacial score (nSPS) is 13.9. The first-order valence-corrected chi connectivity index (χ1v) is 8.71. The van der Waals surface area contributed by atoms with Crippen LogP contribution in [0, 0.1) is 11.3 Å². The van der Waals surface area contributed by atoms with Crippen molar-refractivity contribution in [1.82, 2.24) is 9.88 Å². The van der Waals surface area contributed by atoms with E-state index in [1.165, 1.54) is 0 Å². The van der Waals surface area contributed by atoms with Gasteiger partial charge in [0, 0.05) is 36.6 Å². The number of aliphatic hydroxyl groups is 1. The lowest BCUT2D eigenvalue weighted by Crippen LogP contribution is -2.57. The van der Waals surface area contributed by atoms with E-state index in [0.29, 0.717) is 18.7 Å². The zero-order valence-electron chi connectivity index (χ0n) is 14.6. The number of amides is 1. The number of pyridine rings is 1. The zero-order valence-corrected chi connectivity index (χ0v) is 14.6. The number of likely N-dealkylation sites (tertiary alicyclic amines) is 1. The molecule has 6 nitrogen and oxygen atoms in total. The molecule has 0 unspecified atom stereocenters. The van der Waals surface area contributed by atoms with Gasteiger partial charge in [0.2, 0.25) is 5.91 Å². The first-order valence-electron chi connectivity index (χ1n) is 8.71. The predicted octanol–water partition coefficient (Wildman–Crippen LogP) is 2.39. The van der Waals surface area contributed by atoms with Crippen LogP contribution in [0.4, 0.5) is 5.69 Å². The van der Waals surface area contributed by atoms with Crippen molar-refractivity contribution in [3.8, 4) is 17.2 Å². The summed E-state index contributed by atoms with van der Waals surface area (Å²) in [6.45, 7) is 0.675. The minimum absolute atomic E-state index is 0.129. The molecule has 3 aromatic rings. The van der Waals surface area contributed by atoms with Crippen LogP contribution in [0.1, 0.15) is 5.56 Å². The highest BCUT2D eigenvalue weighted by Crippen LogP contribution is 2.32. The van der Waals surface area contributed by atoms with Crippen LogP contribution >= 0.6 is 0 Å². The van der Waals surface area contributed by atoms with E-state index >= 15 is 0 Å². The Morgan fingerprint density at radius 3 is 2.89 bits per heavy atom. The Labute approximate surface area is 156 Å². The monoisotopic (exact) mass is 358 g/mol. The van der Waals surface area contributed by atoms with E-state index < -0.39 is 6.61 Å².